The smallest absolute Gasteiger partial charge is 0.242 e. The average molecular weight is 585 g/mol. The van der Waals surface area contributed by atoms with Gasteiger partial charge in [0.25, 0.3) is 0 Å². The highest BCUT2D eigenvalue weighted by Crippen LogP contribution is 2.21. The monoisotopic (exact) mass is 584 g/mol. The second kappa shape index (κ2) is 13.2. The van der Waals surface area contributed by atoms with E-state index in [1.54, 1.807) is 42.5 Å². The van der Waals surface area contributed by atoms with Crippen molar-refractivity contribution in [1.82, 2.24) is 20.7 Å². The van der Waals surface area contributed by atoms with Crippen LogP contribution in [-0.2, 0) is 31.0 Å². The molecule has 11 heteroatoms. The van der Waals surface area contributed by atoms with Gasteiger partial charge in [0.15, 0.2) is 0 Å². The van der Waals surface area contributed by atoms with Gasteiger partial charge >= 0.3 is 0 Å². The Morgan fingerprint density at radius 1 is 0.902 bits per heavy atom. The molecule has 0 saturated heterocycles. The summed E-state index contributed by atoms with van der Waals surface area (Å²) in [7, 11) is -4.10. The molecule has 41 heavy (non-hydrogen) atoms. The highest BCUT2D eigenvalue weighted by molar-refractivity contribution is 7.89. The van der Waals surface area contributed by atoms with Crippen molar-refractivity contribution in [3.05, 3.63) is 77.6 Å². The first-order valence-corrected chi connectivity index (χ1v) is 14.8. The summed E-state index contributed by atoms with van der Waals surface area (Å²) in [6.45, 7) is 8.81. The largest absolute Gasteiger partial charge is 0.352 e. The summed E-state index contributed by atoms with van der Waals surface area (Å²) in [6, 6.07) is 13.6. The van der Waals surface area contributed by atoms with Crippen LogP contribution in [0.15, 0.2) is 65.6 Å². The van der Waals surface area contributed by atoms with Gasteiger partial charge in [0, 0.05) is 23.9 Å². The Hall–Kier alpha value is -3.83. The van der Waals surface area contributed by atoms with Crippen molar-refractivity contribution in [3.8, 4) is 0 Å². The Bertz CT molecular complexity index is 1520. The number of hydrogen-bond acceptors (Lipinski definition) is 5. The summed E-state index contributed by atoms with van der Waals surface area (Å²) in [6.07, 6.45) is -0.251. The van der Waals surface area contributed by atoms with Gasteiger partial charge in [-0.1, -0.05) is 48.0 Å². The van der Waals surface area contributed by atoms with Gasteiger partial charge in [-0.05, 0) is 70.2 Å². The van der Waals surface area contributed by atoms with Crippen molar-refractivity contribution in [2.45, 2.75) is 76.5 Å². The number of hydrogen-bond donors (Lipinski definition) is 4. The van der Waals surface area contributed by atoms with E-state index in [1.807, 2.05) is 27.7 Å². The second-order valence-corrected chi connectivity index (χ2v) is 12.7. The Balaban J connectivity index is 1.70. The third kappa shape index (κ3) is 9.09. The van der Waals surface area contributed by atoms with Crippen molar-refractivity contribution in [1.29, 1.82) is 0 Å². The van der Waals surface area contributed by atoms with Gasteiger partial charge in [-0.2, -0.15) is 4.72 Å². The van der Waals surface area contributed by atoms with Crippen LogP contribution in [0.3, 0.4) is 0 Å². The van der Waals surface area contributed by atoms with Crippen molar-refractivity contribution < 1.29 is 27.2 Å². The zero-order chi connectivity index (χ0) is 30.4. The Kier molecular flexibility index (Phi) is 10.2. The molecule has 0 aliphatic rings. The molecule has 3 aromatic carbocycles. The summed E-state index contributed by atoms with van der Waals surface area (Å²) in [5.41, 5.74) is 1.06. The van der Waals surface area contributed by atoms with Gasteiger partial charge in [-0.3, -0.25) is 14.4 Å². The topological polar surface area (TPSA) is 133 Å². The van der Waals surface area contributed by atoms with E-state index in [1.165, 1.54) is 25.1 Å². The molecule has 220 valence electrons. The average Bonchev–Trinajstić information content (AvgIpc) is 2.89. The van der Waals surface area contributed by atoms with E-state index in [9.17, 15) is 27.2 Å². The lowest BCUT2D eigenvalue weighted by Crippen LogP contribution is -2.53. The standard InChI is InChI=1S/C30H37FN4O5S/c1-19-10-13-22(14-11-19)41(39,40)35-26(16-17-27(36)34-30(3,4)5)29(38)33-20(2)28(37)32-18-21-12-15-25(31)24-9-7-6-8-23(21)24/h6-15,20,26,35H,16-18H2,1-5H3,(H,32,37)(H,33,38)(H,34,36)/t20-,26-/m0/s1. The molecular formula is C30H37FN4O5S. The quantitative estimate of drug-likeness (QED) is 0.274. The number of aryl methyl sites for hydroxylation is 1. The number of sulfonamides is 1. The van der Waals surface area contributed by atoms with Crippen LogP contribution >= 0.6 is 0 Å². The SMILES string of the molecule is Cc1ccc(S(=O)(=O)N[C@@H](CCC(=O)NC(C)(C)C)C(=O)N[C@@H](C)C(=O)NCc2ccc(F)c3ccccc23)cc1. The van der Waals surface area contributed by atoms with Gasteiger partial charge in [0.2, 0.25) is 27.7 Å². The van der Waals surface area contributed by atoms with Gasteiger partial charge in [-0.15, -0.1) is 0 Å². The number of nitrogens with one attached hydrogen (secondary N) is 4. The molecule has 0 aliphatic carbocycles. The molecule has 0 fully saturated rings. The summed E-state index contributed by atoms with van der Waals surface area (Å²) in [5, 5.41) is 9.15. The van der Waals surface area contributed by atoms with E-state index in [2.05, 4.69) is 20.7 Å². The fraction of sp³-hybridized carbons (Fsp3) is 0.367. The van der Waals surface area contributed by atoms with Gasteiger partial charge in [-0.25, -0.2) is 12.8 Å². The summed E-state index contributed by atoms with van der Waals surface area (Å²) < 4.78 is 42.6. The number of rotatable bonds is 11. The first-order chi connectivity index (χ1) is 19.2. The van der Waals surface area contributed by atoms with E-state index in [-0.39, 0.29) is 36.0 Å². The number of carbonyl (C=O) groups is 3. The van der Waals surface area contributed by atoms with E-state index in [0.717, 1.165) is 5.56 Å². The zero-order valence-corrected chi connectivity index (χ0v) is 24.7. The van der Waals surface area contributed by atoms with Crippen LogP contribution in [0.5, 0.6) is 0 Å². The molecule has 0 heterocycles. The van der Waals surface area contributed by atoms with Crippen LogP contribution in [0.2, 0.25) is 0 Å². The number of halogens is 1. The Morgan fingerprint density at radius 3 is 2.17 bits per heavy atom. The second-order valence-electron chi connectivity index (χ2n) is 11.0. The molecule has 4 N–H and O–H groups in total. The number of benzene rings is 3. The predicted octanol–water partition coefficient (Wildman–Crippen LogP) is 3.45. The fourth-order valence-corrected chi connectivity index (χ4v) is 5.40. The molecule has 3 aromatic rings. The third-order valence-electron chi connectivity index (χ3n) is 6.29. The lowest BCUT2D eigenvalue weighted by atomic mass is 10.0. The number of fused-ring (bicyclic) bond motifs is 1. The van der Waals surface area contributed by atoms with E-state index in [4.69, 9.17) is 0 Å². The minimum atomic E-state index is -4.10. The fourth-order valence-electron chi connectivity index (χ4n) is 4.17. The van der Waals surface area contributed by atoms with Crippen LogP contribution < -0.4 is 20.7 Å². The van der Waals surface area contributed by atoms with Gasteiger partial charge in [0.05, 0.1) is 4.90 Å². The first-order valence-electron chi connectivity index (χ1n) is 13.3. The van der Waals surface area contributed by atoms with Gasteiger partial charge < -0.3 is 16.0 Å². The molecule has 3 rings (SSSR count). The maximum Gasteiger partial charge on any atom is 0.242 e. The molecule has 0 bridgehead atoms. The van der Waals surface area contributed by atoms with Crippen molar-refractivity contribution in [2.24, 2.45) is 0 Å². The normalized spacial score (nSPS) is 13.3. The molecule has 0 spiro atoms. The molecule has 2 atom stereocenters. The molecule has 0 saturated carbocycles. The molecule has 0 unspecified atom stereocenters. The molecule has 0 aromatic heterocycles. The highest BCUT2D eigenvalue weighted by atomic mass is 32.2. The predicted molar refractivity (Wildman–Crippen MR) is 156 cm³/mol. The molecule has 9 nitrogen and oxygen atoms in total. The van der Waals surface area contributed by atoms with E-state index < -0.39 is 39.5 Å². The third-order valence-corrected chi connectivity index (χ3v) is 7.77. The van der Waals surface area contributed by atoms with Crippen LogP contribution in [0.25, 0.3) is 10.8 Å². The maximum atomic E-state index is 14.1. The lowest BCUT2D eigenvalue weighted by Gasteiger charge is -2.23. The summed E-state index contributed by atoms with van der Waals surface area (Å²) in [5.74, 6) is -1.98. The Labute approximate surface area is 240 Å². The number of amides is 3. The first kappa shape index (κ1) is 31.7. The van der Waals surface area contributed by atoms with Crippen LogP contribution in [-0.4, -0.2) is 43.8 Å². The van der Waals surface area contributed by atoms with Crippen LogP contribution in [0.4, 0.5) is 4.39 Å². The summed E-state index contributed by atoms with van der Waals surface area (Å²) >= 11 is 0. The number of carbonyl (C=O) groups excluding carboxylic acids is 3. The van der Waals surface area contributed by atoms with Crippen LogP contribution in [0, 0.1) is 12.7 Å². The molecular weight excluding hydrogens is 547 g/mol. The van der Waals surface area contributed by atoms with Crippen molar-refractivity contribution in [2.75, 3.05) is 0 Å². The minimum Gasteiger partial charge on any atom is -0.352 e. The van der Waals surface area contributed by atoms with E-state index in [0.29, 0.717) is 16.3 Å². The van der Waals surface area contributed by atoms with Crippen molar-refractivity contribution in [3.63, 3.8) is 0 Å². The maximum absolute atomic E-state index is 14.1. The summed E-state index contributed by atoms with van der Waals surface area (Å²) in [4.78, 5) is 38.4. The van der Waals surface area contributed by atoms with E-state index >= 15 is 0 Å². The van der Waals surface area contributed by atoms with Crippen LogP contribution in [0.1, 0.15) is 51.7 Å². The zero-order valence-electron chi connectivity index (χ0n) is 23.9. The molecule has 0 aliphatic heterocycles. The van der Waals surface area contributed by atoms with Gasteiger partial charge in [0.1, 0.15) is 17.9 Å². The molecule has 0 radical (unpaired) electrons. The Morgan fingerprint density at radius 2 is 1.54 bits per heavy atom. The minimum absolute atomic E-state index is 0.0302. The molecule has 3 amide bonds. The highest BCUT2D eigenvalue weighted by Gasteiger charge is 2.29. The van der Waals surface area contributed by atoms with Crippen molar-refractivity contribution >= 4 is 38.5 Å². The lowest BCUT2D eigenvalue weighted by molar-refractivity contribution is -0.130.